The maximum absolute atomic E-state index is 11.7. The molecule has 0 spiro atoms. The summed E-state index contributed by atoms with van der Waals surface area (Å²) in [5.41, 5.74) is 0. The third-order valence-electron chi connectivity index (χ3n) is 2.64. The topological polar surface area (TPSA) is 97.6 Å². The molecule has 0 aliphatic heterocycles. The van der Waals surface area contributed by atoms with Gasteiger partial charge in [-0.25, -0.2) is 4.79 Å². The maximum atomic E-state index is 11.7. The Bertz CT molecular complexity index is 663. The summed E-state index contributed by atoms with van der Waals surface area (Å²) in [6, 6.07) is 6.34. The van der Waals surface area contributed by atoms with Gasteiger partial charge in [0, 0.05) is 13.0 Å². The van der Waals surface area contributed by atoms with Crippen molar-refractivity contribution in [1.29, 1.82) is 0 Å². The molecule has 7 nitrogen and oxygen atoms in total. The summed E-state index contributed by atoms with van der Waals surface area (Å²) in [5, 5.41) is 5.76. The summed E-state index contributed by atoms with van der Waals surface area (Å²) in [6.07, 6.45) is 1.51. The van der Waals surface area contributed by atoms with Crippen LogP contribution in [0.4, 0.5) is 5.00 Å². The monoisotopic (exact) mass is 322 g/mol. The minimum atomic E-state index is -0.448. The van der Waals surface area contributed by atoms with Crippen LogP contribution in [0.3, 0.4) is 0 Å². The van der Waals surface area contributed by atoms with Crippen molar-refractivity contribution in [2.75, 3.05) is 19.0 Å². The molecule has 0 saturated heterocycles. The van der Waals surface area contributed by atoms with Crippen molar-refractivity contribution >= 4 is 34.1 Å². The van der Waals surface area contributed by atoms with Crippen LogP contribution in [-0.2, 0) is 9.53 Å². The van der Waals surface area contributed by atoms with Crippen molar-refractivity contribution in [1.82, 2.24) is 5.32 Å². The highest BCUT2D eigenvalue weighted by Gasteiger charge is 2.12. The van der Waals surface area contributed by atoms with Crippen LogP contribution in [0.5, 0.6) is 0 Å². The van der Waals surface area contributed by atoms with E-state index < -0.39 is 5.97 Å². The molecule has 0 radical (unpaired) electrons. The molecule has 0 aliphatic carbocycles. The van der Waals surface area contributed by atoms with Gasteiger partial charge in [-0.2, -0.15) is 0 Å². The molecule has 0 fully saturated rings. The van der Waals surface area contributed by atoms with Crippen LogP contribution < -0.4 is 10.6 Å². The molecule has 0 aromatic carbocycles. The fraction of sp³-hybridized carbons (Fsp3) is 0.214. The average Bonchev–Trinajstić information content (AvgIpc) is 3.17. The van der Waals surface area contributed by atoms with E-state index in [0.29, 0.717) is 9.88 Å². The number of anilines is 1. The first-order valence-electron chi connectivity index (χ1n) is 6.40. The van der Waals surface area contributed by atoms with Gasteiger partial charge in [0.05, 0.1) is 18.4 Å². The van der Waals surface area contributed by atoms with E-state index in [1.54, 1.807) is 18.2 Å². The Morgan fingerprint density at radius 1 is 1.27 bits per heavy atom. The number of carbonyl (C=O) groups is 3. The van der Waals surface area contributed by atoms with Crippen LogP contribution in [0.1, 0.15) is 26.6 Å². The van der Waals surface area contributed by atoms with Gasteiger partial charge in [-0.1, -0.05) is 0 Å². The van der Waals surface area contributed by atoms with Gasteiger partial charge in [0.1, 0.15) is 4.88 Å². The van der Waals surface area contributed by atoms with Gasteiger partial charge in [0.25, 0.3) is 5.91 Å². The number of thiophene rings is 1. The number of ether oxygens (including phenoxy) is 1. The molecule has 2 aromatic rings. The van der Waals surface area contributed by atoms with Gasteiger partial charge in [-0.3, -0.25) is 9.59 Å². The Kier molecular flexibility index (Phi) is 5.31. The van der Waals surface area contributed by atoms with Crippen molar-refractivity contribution in [2.24, 2.45) is 0 Å². The number of esters is 1. The van der Waals surface area contributed by atoms with E-state index in [0.717, 1.165) is 11.3 Å². The minimum Gasteiger partial charge on any atom is -0.465 e. The van der Waals surface area contributed by atoms with Gasteiger partial charge in [0.2, 0.25) is 5.91 Å². The second kappa shape index (κ2) is 7.41. The molecule has 2 rings (SSSR count). The van der Waals surface area contributed by atoms with E-state index in [-0.39, 0.29) is 30.5 Å². The molecule has 22 heavy (non-hydrogen) atoms. The van der Waals surface area contributed by atoms with Crippen LogP contribution in [0.25, 0.3) is 0 Å². The van der Waals surface area contributed by atoms with E-state index in [2.05, 4.69) is 15.4 Å². The lowest BCUT2D eigenvalue weighted by molar-refractivity contribution is -0.116. The Balaban J connectivity index is 1.75. The van der Waals surface area contributed by atoms with Crippen molar-refractivity contribution in [3.8, 4) is 0 Å². The van der Waals surface area contributed by atoms with Crippen molar-refractivity contribution < 1.29 is 23.5 Å². The number of nitrogens with one attached hydrogen (secondary N) is 2. The molecule has 2 heterocycles. The standard InChI is InChI=1S/C14H14N2O5S/c1-20-14(19)10-4-5-12(22-10)16-11(17)6-7-15-13(18)9-3-2-8-21-9/h2-5,8H,6-7H2,1H3,(H,15,18)(H,16,17). The highest BCUT2D eigenvalue weighted by Crippen LogP contribution is 2.22. The molecule has 0 bridgehead atoms. The van der Waals surface area contributed by atoms with E-state index >= 15 is 0 Å². The number of hydrogen-bond acceptors (Lipinski definition) is 6. The highest BCUT2D eigenvalue weighted by atomic mass is 32.1. The molecule has 2 N–H and O–H groups in total. The summed E-state index contributed by atoms with van der Waals surface area (Å²) in [7, 11) is 1.29. The predicted molar refractivity (Wildman–Crippen MR) is 79.9 cm³/mol. The second-order valence-corrected chi connectivity index (χ2v) is 5.27. The quantitative estimate of drug-likeness (QED) is 0.791. The Hall–Kier alpha value is -2.61. The summed E-state index contributed by atoms with van der Waals surface area (Å²) in [5.74, 6) is -0.891. The zero-order valence-corrected chi connectivity index (χ0v) is 12.6. The maximum Gasteiger partial charge on any atom is 0.348 e. The molecule has 0 saturated carbocycles. The van der Waals surface area contributed by atoms with Crippen LogP contribution >= 0.6 is 11.3 Å². The lowest BCUT2D eigenvalue weighted by Gasteiger charge is -2.04. The van der Waals surface area contributed by atoms with Crippen LogP contribution in [-0.4, -0.2) is 31.4 Å². The first-order chi connectivity index (χ1) is 10.6. The summed E-state index contributed by atoms with van der Waals surface area (Å²) in [6.45, 7) is 0.181. The van der Waals surface area contributed by atoms with Gasteiger partial charge >= 0.3 is 5.97 Å². The molecule has 8 heteroatoms. The summed E-state index contributed by atoms with van der Waals surface area (Å²) in [4.78, 5) is 35.0. The zero-order valence-electron chi connectivity index (χ0n) is 11.8. The molecule has 0 aliphatic rings. The van der Waals surface area contributed by atoms with Gasteiger partial charge in [-0.15, -0.1) is 11.3 Å². The summed E-state index contributed by atoms with van der Waals surface area (Å²) >= 11 is 1.12. The van der Waals surface area contributed by atoms with Crippen molar-refractivity contribution in [2.45, 2.75) is 6.42 Å². The van der Waals surface area contributed by atoms with Crippen molar-refractivity contribution in [3.05, 3.63) is 41.2 Å². The average molecular weight is 322 g/mol. The molecule has 116 valence electrons. The zero-order chi connectivity index (χ0) is 15.9. The Morgan fingerprint density at radius 3 is 2.77 bits per heavy atom. The van der Waals surface area contributed by atoms with Gasteiger partial charge < -0.3 is 19.8 Å². The summed E-state index contributed by atoms with van der Waals surface area (Å²) < 4.78 is 9.51. The van der Waals surface area contributed by atoms with E-state index in [4.69, 9.17) is 4.42 Å². The highest BCUT2D eigenvalue weighted by molar-refractivity contribution is 7.18. The number of furan rings is 1. The SMILES string of the molecule is COC(=O)c1ccc(NC(=O)CCNC(=O)c2ccco2)s1. The fourth-order valence-electron chi connectivity index (χ4n) is 1.60. The number of methoxy groups -OCH3 is 1. The van der Waals surface area contributed by atoms with E-state index in [1.165, 1.54) is 19.4 Å². The smallest absolute Gasteiger partial charge is 0.348 e. The van der Waals surface area contributed by atoms with Crippen LogP contribution in [0, 0.1) is 0 Å². The first-order valence-corrected chi connectivity index (χ1v) is 7.21. The van der Waals surface area contributed by atoms with E-state index in [9.17, 15) is 14.4 Å². The van der Waals surface area contributed by atoms with E-state index in [1.807, 2.05) is 0 Å². The molecular formula is C14H14N2O5S. The molecule has 2 aromatic heterocycles. The number of hydrogen-bond donors (Lipinski definition) is 2. The fourth-order valence-corrected chi connectivity index (χ4v) is 2.44. The van der Waals surface area contributed by atoms with Gasteiger partial charge in [0.15, 0.2) is 5.76 Å². The normalized spacial score (nSPS) is 10.0. The largest absolute Gasteiger partial charge is 0.465 e. The lowest BCUT2D eigenvalue weighted by atomic mass is 10.3. The van der Waals surface area contributed by atoms with Crippen LogP contribution in [0.2, 0.25) is 0 Å². The minimum absolute atomic E-state index is 0.109. The number of carbonyl (C=O) groups excluding carboxylic acids is 3. The Labute approximate surface area is 130 Å². The first kappa shape index (κ1) is 15.8. The number of rotatable bonds is 6. The third-order valence-corrected chi connectivity index (χ3v) is 3.62. The molecule has 0 unspecified atom stereocenters. The second-order valence-electron chi connectivity index (χ2n) is 4.19. The molecule has 0 atom stereocenters. The Morgan fingerprint density at radius 2 is 2.09 bits per heavy atom. The van der Waals surface area contributed by atoms with Crippen LogP contribution in [0.15, 0.2) is 34.9 Å². The third kappa shape index (κ3) is 4.19. The number of amides is 2. The van der Waals surface area contributed by atoms with Gasteiger partial charge in [-0.05, 0) is 24.3 Å². The van der Waals surface area contributed by atoms with Crippen molar-refractivity contribution in [3.63, 3.8) is 0 Å². The molecular weight excluding hydrogens is 308 g/mol. The molecule has 2 amide bonds. The predicted octanol–water partition coefficient (Wildman–Crippen LogP) is 1.89. The lowest BCUT2D eigenvalue weighted by Crippen LogP contribution is -2.27.